The van der Waals surface area contributed by atoms with Gasteiger partial charge in [-0.3, -0.25) is 4.72 Å². The van der Waals surface area contributed by atoms with E-state index in [1.807, 2.05) is 4.57 Å². The second kappa shape index (κ2) is 7.52. The van der Waals surface area contributed by atoms with E-state index in [2.05, 4.69) is 14.9 Å². The van der Waals surface area contributed by atoms with E-state index < -0.39 is 15.8 Å². The SMILES string of the molecule is O=S(=O)(Nc1ccc(Cl)c(-c2nnc3n2CCCCC3)c1)c1cccc(F)c1. The minimum atomic E-state index is -3.93. The molecule has 6 nitrogen and oxygen atoms in total. The van der Waals surface area contributed by atoms with E-state index in [1.54, 1.807) is 18.2 Å². The van der Waals surface area contributed by atoms with Crippen molar-refractivity contribution in [3.05, 3.63) is 59.1 Å². The molecule has 0 saturated heterocycles. The zero-order valence-electron chi connectivity index (χ0n) is 14.9. The molecule has 4 rings (SSSR count). The number of hydrogen-bond donors (Lipinski definition) is 1. The molecule has 0 aliphatic carbocycles. The molecule has 1 aromatic heterocycles. The zero-order valence-corrected chi connectivity index (χ0v) is 16.5. The molecular weight excluding hydrogens is 403 g/mol. The molecule has 146 valence electrons. The summed E-state index contributed by atoms with van der Waals surface area (Å²) in [6, 6.07) is 9.64. The maximum absolute atomic E-state index is 13.4. The quantitative estimate of drug-likeness (QED) is 0.684. The Morgan fingerprint density at radius 2 is 1.93 bits per heavy atom. The molecular formula is C19H18ClFN4O2S. The van der Waals surface area contributed by atoms with Crippen molar-refractivity contribution in [2.24, 2.45) is 0 Å². The normalized spacial score (nSPS) is 14.4. The predicted molar refractivity (Wildman–Crippen MR) is 105 cm³/mol. The molecule has 0 saturated carbocycles. The van der Waals surface area contributed by atoms with Crippen molar-refractivity contribution < 1.29 is 12.8 Å². The van der Waals surface area contributed by atoms with E-state index in [1.165, 1.54) is 18.2 Å². The van der Waals surface area contributed by atoms with Gasteiger partial charge < -0.3 is 4.57 Å². The summed E-state index contributed by atoms with van der Waals surface area (Å²) >= 11 is 6.37. The van der Waals surface area contributed by atoms with Gasteiger partial charge in [-0.25, -0.2) is 12.8 Å². The summed E-state index contributed by atoms with van der Waals surface area (Å²) < 4.78 is 43.1. The van der Waals surface area contributed by atoms with Gasteiger partial charge >= 0.3 is 0 Å². The van der Waals surface area contributed by atoms with Gasteiger partial charge in [-0.2, -0.15) is 0 Å². The standard InChI is InChI=1S/C19H18ClFN4O2S/c20-17-9-8-14(24-28(26,27)15-6-4-5-13(21)11-15)12-16(17)19-23-22-18-7-2-1-3-10-25(18)19/h4-6,8-9,11-12,24H,1-3,7,10H2. The van der Waals surface area contributed by atoms with Gasteiger partial charge in [-0.1, -0.05) is 24.1 Å². The average Bonchev–Trinajstić information content (AvgIpc) is 2.91. The number of halogens is 2. The summed E-state index contributed by atoms with van der Waals surface area (Å²) in [7, 11) is -3.93. The molecule has 28 heavy (non-hydrogen) atoms. The van der Waals surface area contributed by atoms with Crippen LogP contribution >= 0.6 is 11.6 Å². The van der Waals surface area contributed by atoms with Gasteiger partial charge in [0, 0.05) is 24.2 Å². The van der Waals surface area contributed by atoms with Crippen molar-refractivity contribution in [2.75, 3.05) is 4.72 Å². The van der Waals surface area contributed by atoms with Gasteiger partial charge in [0.05, 0.1) is 9.92 Å². The Hall–Kier alpha value is -2.45. The van der Waals surface area contributed by atoms with Crippen LogP contribution in [0.15, 0.2) is 47.4 Å². The average molecular weight is 421 g/mol. The van der Waals surface area contributed by atoms with E-state index in [0.717, 1.165) is 44.1 Å². The lowest BCUT2D eigenvalue weighted by molar-refractivity contribution is 0.595. The Bertz CT molecular complexity index is 1130. The number of benzene rings is 2. The lowest BCUT2D eigenvalue weighted by atomic mass is 10.2. The minimum absolute atomic E-state index is 0.152. The Morgan fingerprint density at radius 3 is 2.75 bits per heavy atom. The first kappa shape index (κ1) is 18.9. The molecule has 0 atom stereocenters. The molecule has 2 heterocycles. The van der Waals surface area contributed by atoms with Gasteiger partial charge in [-0.05, 0) is 49.2 Å². The molecule has 0 radical (unpaired) electrons. The van der Waals surface area contributed by atoms with Crippen LogP contribution in [0.25, 0.3) is 11.4 Å². The van der Waals surface area contributed by atoms with Crippen molar-refractivity contribution in [2.45, 2.75) is 37.1 Å². The van der Waals surface area contributed by atoms with Crippen molar-refractivity contribution in [1.29, 1.82) is 0 Å². The second-order valence-corrected chi connectivity index (χ2v) is 8.75. The van der Waals surface area contributed by atoms with Crippen LogP contribution in [0, 0.1) is 5.82 Å². The van der Waals surface area contributed by atoms with Crippen LogP contribution in [0.2, 0.25) is 5.02 Å². The number of sulfonamides is 1. The maximum atomic E-state index is 13.4. The largest absolute Gasteiger partial charge is 0.311 e. The number of aryl methyl sites for hydroxylation is 1. The fourth-order valence-electron chi connectivity index (χ4n) is 3.29. The predicted octanol–water partition coefficient (Wildman–Crippen LogP) is 4.26. The number of anilines is 1. The van der Waals surface area contributed by atoms with E-state index in [0.29, 0.717) is 22.1 Å². The fourth-order valence-corrected chi connectivity index (χ4v) is 4.58. The van der Waals surface area contributed by atoms with Crippen LogP contribution < -0.4 is 4.72 Å². The summed E-state index contributed by atoms with van der Waals surface area (Å²) in [5, 5.41) is 9.00. The number of rotatable bonds is 4. The first-order chi connectivity index (χ1) is 13.4. The lowest BCUT2D eigenvalue weighted by Gasteiger charge is -2.12. The molecule has 0 fully saturated rings. The molecule has 2 aromatic carbocycles. The summed E-state index contributed by atoms with van der Waals surface area (Å²) in [5.41, 5.74) is 0.913. The molecule has 1 aliphatic rings. The highest BCUT2D eigenvalue weighted by Crippen LogP contribution is 2.32. The third-order valence-electron chi connectivity index (χ3n) is 4.68. The first-order valence-corrected chi connectivity index (χ1v) is 10.8. The van der Waals surface area contributed by atoms with Crippen molar-refractivity contribution >= 4 is 27.3 Å². The number of hydrogen-bond acceptors (Lipinski definition) is 4. The third kappa shape index (κ3) is 3.74. The Labute approximate surface area is 167 Å². The monoisotopic (exact) mass is 420 g/mol. The highest BCUT2D eigenvalue weighted by molar-refractivity contribution is 7.92. The first-order valence-electron chi connectivity index (χ1n) is 8.94. The molecule has 0 spiro atoms. The van der Waals surface area contributed by atoms with Gasteiger partial charge in [0.2, 0.25) is 0 Å². The summed E-state index contributed by atoms with van der Waals surface area (Å²) in [6.45, 7) is 0.799. The van der Waals surface area contributed by atoms with Gasteiger partial charge in [0.25, 0.3) is 10.0 Å². The lowest BCUT2D eigenvalue weighted by Crippen LogP contribution is -2.13. The Kier molecular flexibility index (Phi) is 5.07. The highest BCUT2D eigenvalue weighted by Gasteiger charge is 2.20. The molecule has 1 N–H and O–H groups in total. The van der Waals surface area contributed by atoms with E-state index >= 15 is 0 Å². The number of fused-ring (bicyclic) bond motifs is 1. The topological polar surface area (TPSA) is 76.9 Å². The van der Waals surface area contributed by atoms with Gasteiger partial charge in [-0.15, -0.1) is 10.2 Å². The van der Waals surface area contributed by atoms with Crippen LogP contribution in [-0.2, 0) is 23.0 Å². The molecule has 9 heteroatoms. The number of nitrogens with one attached hydrogen (secondary N) is 1. The van der Waals surface area contributed by atoms with Crippen molar-refractivity contribution in [3.63, 3.8) is 0 Å². The number of nitrogens with zero attached hydrogens (tertiary/aromatic N) is 3. The Balaban J connectivity index is 1.70. The molecule has 0 bridgehead atoms. The molecule has 0 amide bonds. The number of aromatic nitrogens is 3. The molecule has 1 aliphatic heterocycles. The smallest absolute Gasteiger partial charge is 0.261 e. The van der Waals surface area contributed by atoms with Crippen molar-refractivity contribution in [1.82, 2.24) is 14.8 Å². The maximum Gasteiger partial charge on any atom is 0.261 e. The van der Waals surface area contributed by atoms with Gasteiger partial charge in [0.1, 0.15) is 11.6 Å². The highest BCUT2D eigenvalue weighted by atomic mass is 35.5. The van der Waals surface area contributed by atoms with E-state index in [-0.39, 0.29) is 4.90 Å². The summed E-state index contributed by atoms with van der Waals surface area (Å²) in [6.07, 6.45) is 4.08. The summed E-state index contributed by atoms with van der Waals surface area (Å²) in [4.78, 5) is -0.152. The van der Waals surface area contributed by atoms with Crippen LogP contribution in [0.4, 0.5) is 10.1 Å². The zero-order chi connectivity index (χ0) is 19.7. The Morgan fingerprint density at radius 1 is 1.07 bits per heavy atom. The second-order valence-electron chi connectivity index (χ2n) is 6.66. The van der Waals surface area contributed by atoms with Crippen LogP contribution in [-0.4, -0.2) is 23.2 Å². The third-order valence-corrected chi connectivity index (χ3v) is 6.38. The minimum Gasteiger partial charge on any atom is -0.311 e. The van der Waals surface area contributed by atoms with Crippen LogP contribution in [0.3, 0.4) is 0 Å². The van der Waals surface area contributed by atoms with E-state index in [4.69, 9.17) is 11.6 Å². The summed E-state index contributed by atoms with van der Waals surface area (Å²) in [5.74, 6) is 0.911. The van der Waals surface area contributed by atoms with E-state index in [9.17, 15) is 12.8 Å². The van der Waals surface area contributed by atoms with Crippen LogP contribution in [0.5, 0.6) is 0 Å². The fraction of sp³-hybridized carbons (Fsp3) is 0.263. The van der Waals surface area contributed by atoms with Crippen molar-refractivity contribution in [3.8, 4) is 11.4 Å². The van der Waals surface area contributed by atoms with Crippen LogP contribution in [0.1, 0.15) is 25.1 Å². The molecule has 3 aromatic rings. The van der Waals surface area contributed by atoms with Gasteiger partial charge in [0.15, 0.2) is 5.82 Å². The molecule has 0 unspecified atom stereocenters.